The smallest absolute Gasteiger partial charge is 0.356 e. The third kappa shape index (κ3) is 4.65. The van der Waals surface area contributed by atoms with Crippen LogP contribution in [0.15, 0.2) is 12.1 Å². The van der Waals surface area contributed by atoms with Crippen molar-refractivity contribution in [3.8, 4) is 0 Å². The van der Waals surface area contributed by atoms with Crippen LogP contribution >= 0.6 is 0 Å². The minimum Gasteiger partial charge on any atom is -0.356 e. The van der Waals surface area contributed by atoms with Crippen molar-refractivity contribution >= 4 is 17.5 Å². The summed E-state index contributed by atoms with van der Waals surface area (Å²) in [6, 6.07) is 1.41. The van der Waals surface area contributed by atoms with Crippen LogP contribution < -0.4 is 9.80 Å². The number of fused-ring (bicyclic) bond motifs is 1. The SMILES string of the molecule is CC.Cc1nc2c(c(N3CCC3)n1)CN(C(=O)CC1CN(c3nc(C(F)(F)F)ccc3F)C1)C2. The molecule has 7 nitrogen and oxygen atoms in total. The first kappa shape index (κ1) is 24.2. The van der Waals surface area contributed by atoms with E-state index in [1.807, 2.05) is 20.8 Å². The molecule has 0 bridgehead atoms. The molecule has 0 spiro atoms. The molecule has 5 heterocycles. The Kier molecular flexibility index (Phi) is 6.64. The number of carbonyl (C=O) groups excluding carboxylic acids is 1. The van der Waals surface area contributed by atoms with Gasteiger partial charge in [0.1, 0.15) is 17.3 Å². The first-order valence-electron chi connectivity index (χ1n) is 11.6. The summed E-state index contributed by atoms with van der Waals surface area (Å²) in [6.45, 7) is 9.21. The summed E-state index contributed by atoms with van der Waals surface area (Å²) in [4.78, 5) is 30.8. The number of rotatable bonds is 4. The second kappa shape index (κ2) is 9.34. The zero-order chi connectivity index (χ0) is 24.6. The number of hydrogen-bond acceptors (Lipinski definition) is 6. The van der Waals surface area contributed by atoms with Crippen molar-refractivity contribution in [3.05, 3.63) is 40.7 Å². The average Bonchev–Trinajstić information content (AvgIpc) is 3.14. The van der Waals surface area contributed by atoms with Gasteiger partial charge in [-0.1, -0.05) is 13.8 Å². The number of anilines is 2. The fourth-order valence-corrected chi connectivity index (χ4v) is 4.38. The minimum absolute atomic E-state index is 0.0441. The minimum atomic E-state index is -4.64. The van der Waals surface area contributed by atoms with E-state index in [1.54, 1.807) is 4.90 Å². The fourth-order valence-electron chi connectivity index (χ4n) is 4.38. The van der Waals surface area contributed by atoms with Crippen molar-refractivity contribution in [2.24, 2.45) is 5.92 Å². The van der Waals surface area contributed by atoms with Gasteiger partial charge in [0.2, 0.25) is 5.91 Å². The lowest BCUT2D eigenvalue weighted by molar-refractivity contribution is -0.141. The van der Waals surface area contributed by atoms with Crippen molar-refractivity contribution < 1.29 is 22.4 Å². The maximum atomic E-state index is 14.0. The van der Waals surface area contributed by atoms with Gasteiger partial charge < -0.3 is 14.7 Å². The Morgan fingerprint density at radius 1 is 1.03 bits per heavy atom. The van der Waals surface area contributed by atoms with E-state index < -0.39 is 17.7 Å². The Morgan fingerprint density at radius 2 is 1.74 bits per heavy atom. The van der Waals surface area contributed by atoms with Crippen molar-refractivity contribution in [1.29, 1.82) is 0 Å². The predicted molar refractivity (Wildman–Crippen MR) is 119 cm³/mol. The third-order valence-corrected chi connectivity index (χ3v) is 6.22. The molecule has 0 saturated carbocycles. The molecule has 2 fully saturated rings. The number of halogens is 4. The van der Waals surface area contributed by atoms with E-state index in [0.717, 1.165) is 42.7 Å². The number of carbonyl (C=O) groups is 1. The van der Waals surface area contributed by atoms with Crippen LogP contribution in [0.2, 0.25) is 0 Å². The Balaban J connectivity index is 0.00000133. The van der Waals surface area contributed by atoms with Gasteiger partial charge in [0.05, 0.1) is 18.8 Å². The van der Waals surface area contributed by atoms with Crippen molar-refractivity contribution in [2.45, 2.75) is 52.9 Å². The fraction of sp³-hybridized carbons (Fsp3) is 0.565. The number of hydrogen-bond donors (Lipinski definition) is 0. The van der Waals surface area contributed by atoms with Gasteiger partial charge in [-0.25, -0.2) is 19.3 Å². The Morgan fingerprint density at radius 3 is 2.35 bits per heavy atom. The molecular weight excluding hydrogens is 452 g/mol. The molecule has 2 saturated heterocycles. The van der Waals surface area contributed by atoms with Crippen molar-refractivity contribution in [1.82, 2.24) is 19.9 Å². The van der Waals surface area contributed by atoms with Crippen molar-refractivity contribution in [2.75, 3.05) is 36.0 Å². The summed E-state index contributed by atoms with van der Waals surface area (Å²) in [7, 11) is 0. The first-order valence-corrected chi connectivity index (χ1v) is 11.6. The van der Waals surface area contributed by atoms with Gasteiger partial charge in [-0.3, -0.25) is 4.79 Å². The maximum absolute atomic E-state index is 14.0. The highest BCUT2D eigenvalue weighted by molar-refractivity contribution is 5.78. The number of alkyl halides is 3. The molecule has 0 N–H and O–H groups in total. The number of aryl methyl sites for hydroxylation is 1. The van der Waals surface area contributed by atoms with Gasteiger partial charge in [-0.05, 0) is 25.5 Å². The second-order valence-electron chi connectivity index (χ2n) is 8.58. The molecule has 3 aliphatic heterocycles. The van der Waals surface area contributed by atoms with E-state index in [2.05, 4.69) is 19.9 Å². The van der Waals surface area contributed by atoms with Crippen LogP contribution in [0.4, 0.5) is 29.2 Å². The van der Waals surface area contributed by atoms with Gasteiger partial charge in [0, 0.05) is 44.1 Å². The molecule has 11 heteroatoms. The Bertz CT molecular complexity index is 1070. The highest BCUT2D eigenvalue weighted by atomic mass is 19.4. The average molecular weight is 481 g/mol. The lowest BCUT2D eigenvalue weighted by Crippen LogP contribution is -2.49. The molecule has 5 rings (SSSR count). The Labute approximate surface area is 195 Å². The molecule has 3 aliphatic rings. The summed E-state index contributed by atoms with van der Waals surface area (Å²) in [6.07, 6.45) is -3.26. The molecule has 2 aromatic heterocycles. The number of nitrogens with zero attached hydrogens (tertiary/aromatic N) is 6. The molecule has 2 aromatic rings. The number of pyridine rings is 1. The van der Waals surface area contributed by atoms with Gasteiger partial charge in [-0.15, -0.1) is 0 Å². The third-order valence-electron chi connectivity index (χ3n) is 6.22. The summed E-state index contributed by atoms with van der Waals surface area (Å²) >= 11 is 0. The highest BCUT2D eigenvalue weighted by Gasteiger charge is 2.38. The maximum Gasteiger partial charge on any atom is 0.433 e. The highest BCUT2D eigenvalue weighted by Crippen LogP contribution is 2.35. The number of aromatic nitrogens is 3. The zero-order valence-electron chi connectivity index (χ0n) is 19.5. The summed E-state index contributed by atoms with van der Waals surface area (Å²) in [5.74, 6) is 0.370. The standard InChI is InChI=1S/C21H22F4N6O.C2H6/c1-12-26-16-11-30(10-14(16)19(27-12)29-5-2-6-29)18(32)7-13-8-31(9-13)20-15(22)3-4-17(28-20)21(23,24)25;1-2/h3-4,13H,2,5-11H2,1H3;1-2H3. The van der Waals surface area contributed by atoms with Crippen LogP contribution in [-0.4, -0.2) is 51.9 Å². The molecular formula is C23H28F4N6O. The molecule has 184 valence electrons. The lowest BCUT2D eigenvalue weighted by Gasteiger charge is -2.40. The van der Waals surface area contributed by atoms with E-state index in [-0.39, 0.29) is 37.2 Å². The summed E-state index contributed by atoms with van der Waals surface area (Å²) in [5.41, 5.74) is 0.741. The lowest BCUT2D eigenvalue weighted by atomic mass is 9.95. The van der Waals surface area contributed by atoms with Crippen LogP contribution in [0, 0.1) is 18.7 Å². The molecule has 0 unspecified atom stereocenters. The van der Waals surface area contributed by atoms with Gasteiger partial charge in [-0.2, -0.15) is 13.2 Å². The molecule has 0 radical (unpaired) electrons. The quantitative estimate of drug-likeness (QED) is 0.618. The zero-order valence-corrected chi connectivity index (χ0v) is 19.5. The summed E-state index contributed by atoms with van der Waals surface area (Å²) in [5, 5.41) is 0. The van der Waals surface area contributed by atoms with Crippen LogP contribution in [0.5, 0.6) is 0 Å². The van der Waals surface area contributed by atoms with Gasteiger partial charge in [0.25, 0.3) is 0 Å². The van der Waals surface area contributed by atoms with E-state index in [4.69, 9.17) is 0 Å². The van der Waals surface area contributed by atoms with E-state index >= 15 is 0 Å². The van der Waals surface area contributed by atoms with E-state index in [0.29, 0.717) is 25.0 Å². The monoisotopic (exact) mass is 480 g/mol. The van der Waals surface area contributed by atoms with E-state index in [1.165, 1.54) is 4.90 Å². The van der Waals surface area contributed by atoms with Gasteiger partial charge >= 0.3 is 6.18 Å². The van der Waals surface area contributed by atoms with Gasteiger partial charge in [0.15, 0.2) is 11.6 Å². The van der Waals surface area contributed by atoms with Crippen LogP contribution in [0.3, 0.4) is 0 Å². The molecule has 0 aromatic carbocycles. The van der Waals surface area contributed by atoms with E-state index in [9.17, 15) is 22.4 Å². The van der Waals surface area contributed by atoms with Crippen molar-refractivity contribution in [3.63, 3.8) is 0 Å². The molecule has 34 heavy (non-hydrogen) atoms. The normalized spacial score (nSPS) is 17.6. The van der Waals surface area contributed by atoms with Crippen LogP contribution in [0.1, 0.15) is 49.5 Å². The summed E-state index contributed by atoms with van der Waals surface area (Å²) < 4.78 is 52.7. The molecule has 0 aliphatic carbocycles. The number of amides is 1. The molecule has 0 atom stereocenters. The topological polar surface area (TPSA) is 65.5 Å². The second-order valence-corrected chi connectivity index (χ2v) is 8.58. The Hall–Kier alpha value is -2.98. The molecule has 1 amide bonds. The predicted octanol–water partition coefficient (Wildman–Crippen LogP) is 3.94. The first-order chi connectivity index (χ1) is 16.2. The largest absolute Gasteiger partial charge is 0.433 e. The van der Waals surface area contributed by atoms with Crippen LogP contribution in [-0.2, 0) is 24.1 Å². The van der Waals surface area contributed by atoms with Crippen LogP contribution in [0.25, 0.3) is 0 Å².